The molecule has 0 saturated heterocycles. The predicted molar refractivity (Wildman–Crippen MR) is 89.3 cm³/mol. The molecule has 0 bridgehead atoms. The van der Waals surface area contributed by atoms with Crippen LogP contribution in [0.4, 0.5) is 0 Å². The van der Waals surface area contributed by atoms with Crippen molar-refractivity contribution >= 4 is 5.97 Å². The Hall–Kier alpha value is -3.52. The van der Waals surface area contributed by atoms with Gasteiger partial charge in [0.05, 0.1) is 5.56 Å². The molecular formula is C19H14N2O3. The van der Waals surface area contributed by atoms with E-state index < -0.39 is 5.97 Å². The zero-order valence-corrected chi connectivity index (χ0v) is 12.9. The van der Waals surface area contributed by atoms with Gasteiger partial charge in [-0.05, 0) is 24.6 Å². The second-order valence-corrected chi connectivity index (χ2v) is 5.48. The van der Waals surface area contributed by atoms with Gasteiger partial charge in [0.15, 0.2) is 0 Å². The Morgan fingerprint density at radius 2 is 1.96 bits per heavy atom. The summed E-state index contributed by atoms with van der Waals surface area (Å²) in [6.45, 7) is 1.98. The van der Waals surface area contributed by atoms with E-state index in [4.69, 9.17) is 5.11 Å². The van der Waals surface area contributed by atoms with E-state index >= 15 is 0 Å². The molecular weight excluding hydrogens is 304 g/mol. The highest BCUT2D eigenvalue weighted by atomic mass is 16.4. The lowest BCUT2D eigenvalue weighted by Crippen LogP contribution is -1.98. The summed E-state index contributed by atoms with van der Waals surface area (Å²) in [6.07, 6.45) is 3.45. The predicted octanol–water partition coefficient (Wildman–Crippen LogP) is 3.73. The van der Waals surface area contributed by atoms with Crippen LogP contribution in [-0.2, 0) is 0 Å². The maximum Gasteiger partial charge on any atom is 0.339 e. The third-order valence-electron chi connectivity index (χ3n) is 3.79. The lowest BCUT2D eigenvalue weighted by Gasteiger charge is -2.05. The van der Waals surface area contributed by atoms with Crippen LogP contribution in [0, 0.1) is 18.3 Å². The Morgan fingerprint density at radius 1 is 1.17 bits per heavy atom. The van der Waals surface area contributed by atoms with Crippen LogP contribution < -0.4 is 0 Å². The minimum absolute atomic E-state index is 0.162. The monoisotopic (exact) mass is 318 g/mol. The molecule has 0 aliphatic rings. The maximum absolute atomic E-state index is 11.0. The molecule has 0 atom stereocenters. The number of carbonyl (C=O) groups is 1. The average molecular weight is 318 g/mol. The van der Waals surface area contributed by atoms with Crippen LogP contribution in [0.3, 0.4) is 0 Å². The highest BCUT2D eigenvalue weighted by Gasteiger charge is 2.13. The van der Waals surface area contributed by atoms with E-state index in [1.165, 1.54) is 12.1 Å². The van der Waals surface area contributed by atoms with Gasteiger partial charge >= 0.3 is 5.97 Å². The number of rotatable bonds is 3. The minimum atomic E-state index is -1.19. The molecule has 0 unspecified atom stereocenters. The van der Waals surface area contributed by atoms with Crippen LogP contribution in [0.1, 0.15) is 21.5 Å². The Morgan fingerprint density at radius 3 is 2.58 bits per heavy atom. The van der Waals surface area contributed by atoms with Crippen LogP contribution in [0.5, 0.6) is 5.75 Å². The SMILES string of the molecule is Cc1cccc(-c2cn(-c3ccc(C(=O)O)c(O)c3)cc2C#N)c1. The second-order valence-electron chi connectivity index (χ2n) is 5.48. The topological polar surface area (TPSA) is 86.2 Å². The summed E-state index contributed by atoms with van der Waals surface area (Å²) in [7, 11) is 0. The van der Waals surface area contributed by atoms with Crippen LogP contribution in [0.15, 0.2) is 54.9 Å². The third kappa shape index (κ3) is 2.73. The summed E-state index contributed by atoms with van der Waals surface area (Å²) in [5, 5.41) is 28.2. The summed E-state index contributed by atoms with van der Waals surface area (Å²) in [6, 6.07) is 14.3. The normalized spacial score (nSPS) is 10.3. The van der Waals surface area contributed by atoms with E-state index in [9.17, 15) is 15.2 Å². The maximum atomic E-state index is 11.0. The molecule has 3 aromatic rings. The Balaban J connectivity index is 2.10. The number of benzene rings is 2. The summed E-state index contributed by atoms with van der Waals surface area (Å²) >= 11 is 0. The number of nitrogens with zero attached hydrogens (tertiary/aromatic N) is 2. The highest BCUT2D eigenvalue weighted by Crippen LogP contribution is 2.28. The standard InChI is InChI=1S/C19H14N2O3/c1-12-3-2-4-13(7-12)17-11-21(10-14(17)9-20)15-5-6-16(19(23)24)18(22)8-15/h2-8,10-11,22H,1H3,(H,23,24). The van der Waals surface area contributed by atoms with Crippen molar-refractivity contribution in [2.75, 3.05) is 0 Å². The van der Waals surface area contributed by atoms with Crippen LogP contribution in [0.2, 0.25) is 0 Å². The average Bonchev–Trinajstić information content (AvgIpc) is 2.98. The van der Waals surface area contributed by atoms with Gasteiger partial charge in [-0.3, -0.25) is 0 Å². The molecule has 1 aromatic heterocycles. The minimum Gasteiger partial charge on any atom is -0.507 e. The van der Waals surface area contributed by atoms with Crippen molar-refractivity contribution in [2.24, 2.45) is 0 Å². The fourth-order valence-corrected chi connectivity index (χ4v) is 2.60. The van der Waals surface area contributed by atoms with Gasteiger partial charge in [-0.2, -0.15) is 5.26 Å². The number of aryl methyl sites for hydroxylation is 1. The molecule has 0 radical (unpaired) electrons. The van der Waals surface area contributed by atoms with Gasteiger partial charge in [0.25, 0.3) is 0 Å². The fraction of sp³-hybridized carbons (Fsp3) is 0.0526. The molecule has 0 spiro atoms. The van der Waals surface area contributed by atoms with Gasteiger partial charge in [0.1, 0.15) is 17.4 Å². The molecule has 5 heteroatoms. The van der Waals surface area contributed by atoms with Gasteiger partial charge in [0.2, 0.25) is 0 Å². The molecule has 0 aliphatic heterocycles. The first-order valence-corrected chi connectivity index (χ1v) is 7.25. The number of aromatic carboxylic acids is 1. The quantitative estimate of drug-likeness (QED) is 0.770. The summed E-state index contributed by atoms with van der Waals surface area (Å²) in [4.78, 5) is 11.0. The number of phenols is 1. The number of carboxylic acids is 1. The Labute approximate surface area is 138 Å². The van der Waals surface area contributed by atoms with Crippen LogP contribution in [-0.4, -0.2) is 20.7 Å². The lowest BCUT2D eigenvalue weighted by molar-refractivity contribution is 0.0694. The molecule has 3 rings (SSSR count). The zero-order valence-electron chi connectivity index (χ0n) is 12.9. The van der Waals surface area contributed by atoms with E-state index in [1.54, 1.807) is 23.0 Å². The van der Waals surface area contributed by atoms with Crippen molar-refractivity contribution in [1.82, 2.24) is 4.57 Å². The molecule has 0 amide bonds. The molecule has 1 heterocycles. The van der Waals surface area contributed by atoms with Gasteiger partial charge in [-0.1, -0.05) is 29.8 Å². The molecule has 2 aromatic carbocycles. The second kappa shape index (κ2) is 5.94. The number of nitriles is 1. The fourth-order valence-electron chi connectivity index (χ4n) is 2.60. The molecule has 5 nitrogen and oxygen atoms in total. The smallest absolute Gasteiger partial charge is 0.339 e. The van der Waals surface area contributed by atoms with Crippen molar-refractivity contribution in [1.29, 1.82) is 5.26 Å². The van der Waals surface area contributed by atoms with Crippen molar-refractivity contribution in [3.05, 3.63) is 71.5 Å². The summed E-state index contributed by atoms with van der Waals surface area (Å²) < 4.78 is 1.70. The number of aromatic nitrogens is 1. The molecule has 118 valence electrons. The first kappa shape index (κ1) is 15.4. The Kier molecular flexibility index (Phi) is 3.80. The zero-order chi connectivity index (χ0) is 17.3. The largest absolute Gasteiger partial charge is 0.507 e. The molecule has 0 saturated carbocycles. The summed E-state index contributed by atoms with van der Waals surface area (Å²) in [5.41, 5.74) is 3.72. The highest BCUT2D eigenvalue weighted by molar-refractivity contribution is 5.91. The number of hydrogen-bond donors (Lipinski definition) is 2. The van der Waals surface area contributed by atoms with E-state index in [0.717, 1.165) is 16.7 Å². The van der Waals surface area contributed by atoms with Crippen molar-refractivity contribution in [2.45, 2.75) is 6.92 Å². The molecule has 0 aliphatic carbocycles. The van der Waals surface area contributed by atoms with Gasteiger partial charge in [-0.15, -0.1) is 0 Å². The van der Waals surface area contributed by atoms with Crippen molar-refractivity contribution in [3.63, 3.8) is 0 Å². The first-order valence-electron chi connectivity index (χ1n) is 7.25. The number of aromatic hydroxyl groups is 1. The number of hydrogen-bond acceptors (Lipinski definition) is 3. The Bertz CT molecular complexity index is 981. The lowest BCUT2D eigenvalue weighted by atomic mass is 10.0. The summed E-state index contributed by atoms with van der Waals surface area (Å²) in [5.74, 6) is -1.51. The van der Waals surface area contributed by atoms with Gasteiger partial charge in [0, 0.05) is 29.7 Å². The molecule has 24 heavy (non-hydrogen) atoms. The van der Waals surface area contributed by atoms with Crippen LogP contribution in [0.25, 0.3) is 16.8 Å². The first-order chi connectivity index (χ1) is 11.5. The van der Waals surface area contributed by atoms with E-state index in [2.05, 4.69) is 6.07 Å². The van der Waals surface area contributed by atoms with Crippen LogP contribution >= 0.6 is 0 Å². The van der Waals surface area contributed by atoms with Gasteiger partial charge in [-0.25, -0.2) is 4.79 Å². The van der Waals surface area contributed by atoms with Crippen molar-refractivity contribution in [3.8, 4) is 28.6 Å². The molecule has 2 N–H and O–H groups in total. The third-order valence-corrected chi connectivity index (χ3v) is 3.79. The number of carboxylic acid groups (broad SMARTS) is 1. The van der Waals surface area contributed by atoms with Gasteiger partial charge < -0.3 is 14.8 Å². The van der Waals surface area contributed by atoms with E-state index in [-0.39, 0.29) is 11.3 Å². The molecule has 0 fully saturated rings. The van der Waals surface area contributed by atoms with E-state index in [0.29, 0.717) is 11.3 Å². The van der Waals surface area contributed by atoms with E-state index in [1.807, 2.05) is 31.2 Å². The van der Waals surface area contributed by atoms with Crippen molar-refractivity contribution < 1.29 is 15.0 Å².